The molecule has 1 unspecified atom stereocenters. The predicted molar refractivity (Wildman–Crippen MR) is 67.7 cm³/mol. The van der Waals surface area contributed by atoms with Gasteiger partial charge in [-0.3, -0.25) is 0 Å². The van der Waals surface area contributed by atoms with Crippen molar-refractivity contribution >= 4 is 17.0 Å². The second kappa shape index (κ2) is 5.35. The molecule has 0 aliphatic carbocycles. The summed E-state index contributed by atoms with van der Waals surface area (Å²) in [6, 6.07) is -0.550. The lowest BCUT2D eigenvalue weighted by molar-refractivity contribution is 0.410. The lowest BCUT2D eigenvalue weighted by Gasteiger charge is -2.15. The molecule has 2 aromatic rings. The van der Waals surface area contributed by atoms with Crippen molar-refractivity contribution in [3.63, 3.8) is 0 Å². The maximum absolute atomic E-state index is 13.5. The SMILES string of the molecule is Cc1nc(C)c(C(C)Nc2c(F)c(F)nc(F)c2F)s1. The van der Waals surface area contributed by atoms with E-state index < -0.39 is 35.3 Å². The van der Waals surface area contributed by atoms with Crippen LogP contribution in [-0.2, 0) is 0 Å². The fraction of sp³-hybridized carbons (Fsp3) is 0.333. The van der Waals surface area contributed by atoms with Crippen LogP contribution in [0.2, 0.25) is 0 Å². The van der Waals surface area contributed by atoms with Crippen LogP contribution in [0.3, 0.4) is 0 Å². The van der Waals surface area contributed by atoms with Gasteiger partial charge in [0.25, 0.3) is 11.9 Å². The molecule has 108 valence electrons. The zero-order chi connectivity index (χ0) is 15.0. The molecular weight excluding hydrogens is 294 g/mol. The van der Waals surface area contributed by atoms with E-state index >= 15 is 0 Å². The predicted octanol–water partition coefficient (Wildman–Crippen LogP) is 3.88. The molecule has 8 heteroatoms. The van der Waals surface area contributed by atoms with E-state index in [-0.39, 0.29) is 0 Å². The average molecular weight is 305 g/mol. The largest absolute Gasteiger partial charge is 0.373 e. The molecule has 2 rings (SSSR count). The van der Waals surface area contributed by atoms with Gasteiger partial charge in [-0.15, -0.1) is 11.3 Å². The zero-order valence-corrected chi connectivity index (χ0v) is 11.7. The highest BCUT2D eigenvalue weighted by molar-refractivity contribution is 7.11. The Labute approximate surface area is 116 Å². The fourth-order valence-electron chi connectivity index (χ4n) is 1.84. The van der Waals surface area contributed by atoms with Crippen LogP contribution < -0.4 is 5.32 Å². The van der Waals surface area contributed by atoms with Gasteiger partial charge in [-0.2, -0.15) is 22.5 Å². The van der Waals surface area contributed by atoms with Gasteiger partial charge in [0.05, 0.1) is 16.7 Å². The van der Waals surface area contributed by atoms with Gasteiger partial charge in [0.2, 0.25) is 11.6 Å². The van der Waals surface area contributed by atoms with E-state index in [4.69, 9.17) is 0 Å². The number of pyridine rings is 1. The summed E-state index contributed by atoms with van der Waals surface area (Å²) in [4.78, 5) is 7.42. The van der Waals surface area contributed by atoms with Crippen LogP contribution in [0.25, 0.3) is 0 Å². The number of aryl methyl sites for hydroxylation is 2. The summed E-state index contributed by atoms with van der Waals surface area (Å²) in [6.07, 6.45) is 0. The Hall–Kier alpha value is -1.70. The summed E-state index contributed by atoms with van der Waals surface area (Å²) in [5.74, 6) is -6.46. The number of hydrogen-bond acceptors (Lipinski definition) is 4. The van der Waals surface area contributed by atoms with Gasteiger partial charge in [0, 0.05) is 4.88 Å². The van der Waals surface area contributed by atoms with Gasteiger partial charge >= 0.3 is 0 Å². The average Bonchev–Trinajstić information content (AvgIpc) is 2.71. The van der Waals surface area contributed by atoms with Crippen molar-refractivity contribution in [2.24, 2.45) is 0 Å². The smallest absolute Gasteiger partial charge is 0.253 e. The number of rotatable bonds is 3. The van der Waals surface area contributed by atoms with Gasteiger partial charge in [-0.25, -0.2) is 4.98 Å². The molecule has 0 amide bonds. The molecule has 0 aliphatic rings. The number of nitrogens with one attached hydrogen (secondary N) is 1. The Morgan fingerprint density at radius 3 is 2.00 bits per heavy atom. The number of anilines is 1. The quantitative estimate of drug-likeness (QED) is 0.690. The molecule has 3 nitrogen and oxygen atoms in total. The Bertz CT molecular complexity index is 630. The van der Waals surface area contributed by atoms with Crippen LogP contribution in [0.4, 0.5) is 23.2 Å². The van der Waals surface area contributed by atoms with Crippen molar-refractivity contribution in [1.29, 1.82) is 0 Å². The van der Waals surface area contributed by atoms with Crippen molar-refractivity contribution in [1.82, 2.24) is 9.97 Å². The molecule has 0 spiro atoms. The first-order valence-corrected chi connectivity index (χ1v) is 6.53. The van der Waals surface area contributed by atoms with E-state index in [1.165, 1.54) is 11.3 Å². The first-order chi connectivity index (χ1) is 9.31. The normalized spacial score (nSPS) is 12.6. The molecule has 1 N–H and O–H groups in total. The van der Waals surface area contributed by atoms with Crippen LogP contribution in [0.15, 0.2) is 0 Å². The first-order valence-electron chi connectivity index (χ1n) is 5.71. The lowest BCUT2D eigenvalue weighted by Crippen LogP contribution is -2.13. The summed E-state index contributed by atoms with van der Waals surface area (Å²) in [7, 11) is 0. The van der Waals surface area contributed by atoms with Crippen LogP contribution in [0.5, 0.6) is 0 Å². The number of aromatic nitrogens is 2. The Morgan fingerprint density at radius 1 is 1.00 bits per heavy atom. The van der Waals surface area contributed by atoms with Crippen molar-refractivity contribution < 1.29 is 17.6 Å². The van der Waals surface area contributed by atoms with Gasteiger partial charge in [0.1, 0.15) is 5.69 Å². The van der Waals surface area contributed by atoms with E-state index in [0.29, 0.717) is 5.69 Å². The van der Waals surface area contributed by atoms with Crippen molar-refractivity contribution in [3.05, 3.63) is 39.1 Å². The lowest BCUT2D eigenvalue weighted by atomic mass is 10.2. The third kappa shape index (κ3) is 2.60. The summed E-state index contributed by atoms with van der Waals surface area (Å²) < 4.78 is 53.0. The molecule has 0 saturated carbocycles. The van der Waals surface area contributed by atoms with Crippen LogP contribution in [0, 0.1) is 37.4 Å². The van der Waals surface area contributed by atoms with Crippen molar-refractivity contribution in [2.75, 3.05) is 5.32 Å². The highest BCUT2D eigenvalue weighted by atomic mass is 32.1. The van der Waals surface area contributed by atoms with Crippen molar-refractivity contribution in [2.45, 2.75) is 26.8 Å². The van der Waals surface area contributed by atoms with Gasteiger partial charge in [0.15, 0.2) is 0 Å². The molecule has 20 heavy (non-hydrogen) atoms. The molecule has 0 fully saturated rings. The van der Waals surface area contributed by atoms with E-state index in [1.807, 2.05) is 0 Å². The highest BCUT2D eigenvalue weighted by Gasteiger charge is 2.23. The number of nitrogens with zero attached hydrogens (tertiary/aromatic N) is 2. The van der Waals surface area contributed by atoms with Crippen LogP contribution in [0.1, 0.15) is 28.5 Å². The summed E-state index contributed by atoms with van der Waals surface area (Å²) in [5.41, 5.74) is -0.170. The topological polar surface area (TPSA) is 37.8 Å². The third-order valence-corrected chi connectivity index (χ3v) is 3.95. The standard InChI is InChI=1S/C12H11F4N3S/c1-4-10(20-6(3)17-4)5(2)18-9-7(13)11(15)19-12(16)8(9)14/h5H,1-3H3,(H,18,19). The highest BCUT2D eigenvalue weighted by Crippen LogP contribution is 2.30. The molecule has 0 bridgehead atoms. The number of hydrogen-bond donors (Lipinski definition) is 1. The fourth-order valence-corrected chi connectivity index (χ4v) is 2.77. The Balaban J connectivity index is 2.37. The minimum Gasteiger partial charge on any atom is -0.373 e. The molecular formula is C12H11F4N3S. The van der Waals surface area contributed by atoms with E-state index in [0.717, 1.165) is 9.88 Å². The van der Waals surface area contributed by atoms with Gasteiger partial charge in [-0.1, -0.05) is 0 Å². The maximum atomic E-state index is 13.5. The second-order valence-corrected chi connectivity index (χ2v) is 5.48. The molecule has 2 aromatic heterocycles. The van der Waals surface area contributed by atoms with Gasteiger partial charge in [-0.05, 0) is 20.8 Å². The zero-order valence-electron chi connectivity index (χ0n) is 10.9. The number of thiazole rings is 1. The number of halogens is 4. The molecule has 0 aromatic carbocycles. The van der Waals surface area contributed by atoms with E-state index in [9.17, 15) is 17.6 Å². The van der Waals surface area contributed by atoms with E-state index in [1.54, 1.807) is 20.8 Å². The first kappa shape index (κ1) is 14.7. The third-order valence-electron chi connectivity index (χ3n) is 2.69. The molecule has 1 atom stereocenters. The van der Waals surface area contributed by atoms with Crippen LogP contribution >= 0.6 is 11.3 Å². The molecule has 0 radical (unpaired) electrons. The summed E-state index contributed by atoms with van der Waals surface area (Å²) >= 11 is 1.34. The maximum Gasteiger partial charge on any atom is 0.253 e. The summed E-state index contributed by atoms with van der Waals surface area (Å²) in [5, 5.41) is 3.22. The molecule has 2 heterocycles. The summed E-state index contributed by atoms with van der Waals surface area (Å²) in [6.45, 7) is 5.16. The van der Waals surface area contributed by atoms with Gasteiger partial charge < -0.3 is 5.32 Å². The minimum absolute atomic E-state index is 0.550. The monoisotopic (exact) mass is 305 g/mol. The molecule has 0 saturated heterocycles. The van der Waals surface area contributed by atoms with Crippen molar-refractivity contribution in [3.8, 4) is 0 Å². The van der Waals surface area contributed by atoms with E-state index in [2.05, 4.69) is 15.3 Å². The Morgan fingerprint density at radius 2 is 1.55 bits per heavy atom. The Kier molecular flexibility index (Phi) is 3.94. The minimum atomic E-state index is -1.68. The van der Waals surface area contributed by atoms with Crippen LogP contribution in [-0.4, -0.2) is 9.97 Å². The second-order valence-electron chi connectivity index (χ2n) is 4.24. The molecule has 0 aliphatic heterocycles.